The number of β-amino-alcohol motifs (C(OH)–C–C–N with tert-alkyl or cyclic N) is 1. The highest BCUT2D eigenvalue weighted by molar-refractivity contribution is 7.13. The number of hydrogen-bond donors (Lipinski definition) is 4. The van der Waals surface area contributed by atoms with E-state index in [4.69, 9.17) is 4.74 Å². The zero-order chi connectivity index (χ0) is 54.4. The Labute approximate surface area is 451 Å². The number of aromatic amines is 1. The zero-order valence-corrected chi connectivity index (χ0v) is 45.0. The molecule has 4 aromatic carbocycles. The second kappa shape index (κ2) is 24.2. The number of nitrogens with zero attached hydrogens (tertiary/aromatic N) is 5. The number of hydrogen-bond acceptors (Lipinski definition) is 12. The molecule has 77 heavy (non-hydrogen) atoms. The minimum absolute atomic E-state index is 0.0236. The van der Waals surface area contributed by atoms with Crippen molar-refractivity contribution in [2.75, 3.05) is 61.5 Å². The van der Waals surface area contributed by atoms with Gasteiger partial charge < -0.3 is 35.2 Å². The first kappa shape index (κ1) is 54.9. The number of aliphatic hydroxyl groups excluding tert-OH is 1. The van der Waals surface area contributed by atoms with Gasteiger partial charge in [-0.2, -0.15) is 5.10 Å². The van der Waals surface area contributed by atoms with Crippen LogP contribution in [0, 0.1) is 29.9 Å². The monoisotopic (exact) mass is 1070 g/mol. The van der Waals surface area contributed by atoms with Gasteiger partial charge >= 0.3 is 0 Å². The third kappa shape index (κ3) is 13.6. The number of nitrogens with one attached hydrogen (secondary N) is 3. The maximum atomic E-state index is 14.3. The maximum Gasteiger partial charge on any atom is 0.258 e. The Morgan fingerprint density at radius 3 is 2.30 bits per heavy atom. The van der Waals surface area contributed by atoms with Crippen molar-refractivity contribution < 1.29 is 42.6 Å². The van der Waals surface area contributed by atoms with E-state index < -0.39 is 35.1 Å². The van der Waals surface area contributed by atoms with Crippen molar-refractivity contribution in [2.24, 2.45) is 11.3 Å². The molecule has 3 aliphatic heterocycles. The number of H-pyrrole nitrogens is 1. The summed E-state index contributed by atoms with van der Waals surface area (Å²) >= 11 is 1.58. The number of aliphatic hydroxyl groups is 1. The number of rotatable bonds is 19. The van der Waals surface area contributed by atoms with Crippen LogP contribution >= 0.6 is 11.3 Å². The van der Waals surface area contributed by atoms with Crippen molar-refractivity contribution in [3.63, 3.8) is 0 Å². The van der Waals surface area contributed by atoms with Gasteiger partial charge in [0.15, 0.2) is 11.6 Å². The van der Waals surface area contributed by atoms with E-state index in [0.29, 0.717) is 85.8 Å². The summed E-state index contributed by atoms with van der Waals surface area (Å²) in [4.78, 5) is 80.1. The maximum absolute atomic E-state index is 14.3. The molecule has 0 saturated carbocycles. The quantitative estimate of drug-likeness (QED) is 0.0605. The Morgan fingerprint density at radius 2 is 1.60 bits per heavy atom. The predicted octanol–water partition coefficient (Wildman–Crippen LogP) is 9.31. The van der Waals surface area contributed by atoms with Crippen LogP contribution < -0.4 is 15.5 Å². The van der Waals surface area contributed by atoms with Crippen LogP contribution in [-0.4, -0.2) is 124 Å². The lowest BCUT2D eigenvalue weighted by Crippen LogP contribution is -2.48. The third-order valence-corrected chi connectivity index (χ3v) is 16.2. The van der Waals surface area contributed by atoms with Crippen LogP contribution in [0.4, 0.5) is 26.0 Å². The smallest absolute Gasteiger partial charge is 0.258 e. The SMILES string of the molecule is Cc1ncsc1-c1ccc(CCC(=O)[C@@H]2C[C@@H](O)CN2C(=O)[C@@H](CC(=O)CCCC(=O)N2CCN(c3ccc(C(=O)Nc4n[nH]c5ccc(Cc6cc(F)cc(F)c6)cc45)c(NC4CCOCC4)c3)CC2)C(C)(C)C)cc1. The fourth-order valence-corrected chi connectivity index (χ4v) is 11.6. The number of halogens is 2. The number of ketones is 2. The Morgan fingerprint density at radius 1 is 0.870 bits per heavy atom. The van der Waals surface area contributed by atoms with Gasteiger partial charge in [0.2, 0.25) is 11.8 Å². The van der Waals surface area contributed by atoms with Gasteiger partial charge in [-0.3, -0.25) is 29.1 Å². The van der Waals surface area contributed by atoms with Crippen LogP contribution in [0.5, 0.6) is 0 Å². The van der Waals surface area contributed by atoms with E-state index in [1.54, 1.807) is 17.4 Å². The standard InChI is InChI=1S/C59H68F2N8O7S/c1-36-55(77-35-62-36)40-12-8-37(9-13-40)11-17-53(72)52-33-46(71)34-69(52)58(75)49(59(2,3)4)32-45(70)6-5-7-54(73)68-22-20-67(21-23-68)44-14-15-47(51(31-44)63-43-18-24-76-25-19-43)57(74)64-56-48-29-38(10-16-50(48)65-66-56)26-39-27-41(60)30-42(61)28-39/h8-10,12-16,27-31,35,43,46,49,52,63,71H,5-7,11,17-26,32-34H2,1-4H3,(H2,64,65,66,74)/t46-,49-,52+/m1/s1. The van der Waals surface area contributed by atoms with Gasteiger partial charge in [-0.1, -0.05) is 51.1 Å². The van der Waals surface area contributed by atoms with Crippen LogP contribution in [0.1, 0.15) is 105 Å². The lowest BCUT2D eigenvalue weighted by molar-refractivity contribution is -0.146. The number of carbonyl (C=O) groups is 5. The number of aromatic nitrogens is 3. The van der Waals surface area contributed by atoms with Gasteiger partial charge in [0.05, 0.1) is 39.3 Å². The summed E-state index contributed by atoms with van der Waals surface area (Å²) in [6.07, 6.45) is 2.51. The van der Waals surface area contributed by atoms with Crippen LogP contribution in [0.15, 0.2) is 84.4 Å². The molecule has 6 aromatic rings. The van der Waals surface area contributed by atoms with Crippen LogP contribution in [-0.2, 0) is 36.8 Å². The number of piperazine rings is 1. The summed E-state index contributed by atoms with van der Waals surface area (Å²) in [7, 11) is 0. The highest BCUT2D eigenvalue weighted by Crippen LogP contribution is 2.36. The number of anilines is 3. The molecule has 5 heterocycles. The molecule has 18 heteroatoms. The average Bonchev–Trinajstić information content (AvgIpc) is 4.15. The number of carbonyl (C=O) groups excluding carboxylic acids is 5. The Bertz CT molecular complexity index is 3080. The molecule has 3 fully saturated rings. The van der Waals surface area contributed by atoms with E-state index in [9.17, 15) is 37.9 Å². The fraction of sp³-hybridized carbons (Fsp3) is 0.441. The molecule has 3 amide bonds. The minimum Gasteiger partial charge on any atom is -0.391 e. The first-order valence-corrected chi connectivity index (χ1v) is 27.6. The normalized spacial score (nSPS) is 17.7. The number of benzene rings is 4. The molecule has 2 aromatic heterocycles. The zero-order valence-electron chi connectivity index (χ0n) is 44.2. The van der Waals surface area contributed by atoms with Gasteiger partial charge in [0, 0.05) is 113 Å². The first-order valence-electron chi connectivity index (χ1n) is 26.7. The van der Waals surface area contributed by atoms with Crippen molar-refractivity contribution in [2.45, 2.75) is 110 Å². The van der Waals surface area contributed by atoms with E-state index in [1.807, 2.05) is 92.7 Å². The molecule has 0 bridgehead atoms. The summed E-state index contributed by atoms with van der Waals surface area (Å²) in [6.45, 7) is 11.0. The van der Waals surface area contributed by atoms with E-state index in [1.165, 1.54) is 17.0 Å². The second-order valence-corrected chi connectivity index (χ2v) is 22.7. The number of aryl methyl sites for hydroxylation is 2. The summed E-state index contributed by atoms with van der Waals surface area (Å²) < 4.78 is 33.5. The van der Waals surface area contributed by atoms with E-state index >= 15 is 0 Å². The number of ether oxygens (including phenoxy) is 1. The summed E-state index contributed by atoms with van der Waals surface area (Å²) in [6, 6.07) is 22.0. The van der Waals surface area contributed by atoms with Crippen LogP contribution in [0.2, 0.25) is 0 Å². The van der Waals surface area contributed by atoms with Gasteiger partial charge in [0.25, 0.3) is 5.91 Å². The van der Waals surface area contributed by atoms with Gasteiger partial charge in [-0.15, -0.1) is 11.3 Å². The third-order valence-electron chi connectivity index (χ3n) is 15.2. The Kier molecular flexibility index (Phi) is 17.2. The summed E-state index contributed by atoms with van der Waals surface area (Å²) in [5, 5.41) is 25.3. The topological polar surface area (TPSA) is 190 Å². The molecule has 3 atom stereocenters. The largest absolute Gasteiger partial charge is 0.391 e. The average molecular weight is 1070 g/mol. The van der Waals surface area contributed by atoms with Crippen molar-refractivity contribution in [3.8, 4) is 10.4 Å². The van der Waals surface area contributed by atoms with Crippen molar-refractivity contribution in [3.05, 3.63) is 124 Å². The van der Waals surface area contributed by atoms with Crippen molar-refractivity contribution >= 4 is 68.7 Å². The highest BCUT2D eigenvalue weighted by Gasteiger charge is 2.44. The number of likely N-dealkylation sites (tertiary alicyclic amines) is 1. The molecule has 0 unspecified atom stereocenters. The number of Topliss-reactive ketones (excluding diaryl/α,β-unsaturated/α-hetero) is 2. The molecular formula is C59H68F2N8O7S. The van der Waals surface area contributed by atoms with E-state index in [2.05, 4.69) is 30.7 Å². The number of amides is 3. The second-order valence-electron chi connectivity index (χ2n) is 21.8. The van der Waals surface area contributed by atoms with Gasteiger partial charge in [-0.25, -0.2) is 13.8 Å². The minimum atomic E-state index is -0.834. The van der Waals surface area contributed by atoms with Crippen LogP contribution in [0.3, 0.4) is 0 Å². The highest BCUT2D eigenvalue weighted by atomic mass is 32.1. The summed E-state index contributed by atoms with van der Waals surface area (Å²) in [5.41, 5.74) is 8.19. The molecular weight excluding hydrogens is 1000 g/mol. The molecule has 15 nitrogen and oxygen atoms in total. The molecule has 4 N–H and O–H groups in total. The van der Waals surface area contributed by atoms with Gasteiger partial charge in [-0.05, 0) is 109 Å². The Hall–Kier alpha value is -6.89. The van der Waals surface area contributed by atoms with Crippen molar-refractivity contribution in [1.82, 2.24) is 25.0 Å². The summed E-state index contributed by atoms with van der Waals surface area (Å²) in [5.74, 6) is -2.64. The Balaban J connectivity index is 0.768. The molecule has 0 radical (unpaired) electrons. The lowest BCUT2D eigenvalue weighted by Gasteiger charge is -2.36. The molecule has 9 rings (SSSR count). The first-order chi connectivity index (χ1) is 36.9. The fourth-order valence-electron chi connectivity index (χ4n) is 10.8. The number of thiazole rings is 1. The lowest BCUT2D eigenvalue weighted by atomic mass is 9.76. The molecule has 0 aliphatic carbocycles. The molecule has 3 saturated heterocycles. The van der Waals surface area contributed by atoms with Gasteiger partial charge in [0.1, 0.15) is 17.4 Å². The van der Waals surface area contributed by atoms with Crippen molar-refractivity contribution in [1.29, 1.82) is 0 Å². The van der Waals surface area contributed by atoms with E-state index in [-0.39, 0.29) is 80.4 Å². The molecule has 3 aliphatic rings. The molecule has 0 spiro atoms. The number of fused-ring (bicyclic) bond motifs is 1. The molecule has 406 valence electrons. The van der Waals surface area contributed by atoms with Crippen LogP contribution in [0.25, 0.3) is 21.3 Å². The van der Waals surface area contributed by atoms with E-state index in [0.717, 1.165) is 51.9 Å². The predicted molar refractivity (Wildman–Crippen MR) is 294 cm³/mol.